The summed E-state index contributed by atoms with van der Waals surface area (Å²) in [6, 6.07) is 32.0. The Bertz CT molecular complexity index is 1530. The molecule has 0 aromatic heterocycles. The van der Waals surface area contributed by atoms with Gasteiger partial charge >= 0.3 is 11.9 Å². The third kappa shape index (κ3) is 5.30. The Morgan fingerprint density at radius 1 is 0.762 bits per heavy atom. The topological polar surface area (TPSA) is 114 Å². The monoisotopic (exact) mass is 564 g/mol. The SMILES string of the molecule is COC(=O)[C@H](Cc1ccccc1)NC(=O)[C@@H](NC1(c2ccccc2)c2ccccc2-c2ccccc21)C(OC)C(=O)O. The number of rotatable bonds is 11. The van der Waals surface area contributed by atoms with Crippen LogP contribution in [0, 0.1) is 0 Å². The number of carbonyl (C=O) groups is 3. The molecule has 8 nitrogen and oxygen atoms in total. The average Bonchev–Trinajstić information content (AvgIpc) is 3.31. The highest BCUT2D eigenvalue weighted by Gasteiger charge is 2.49. The summed E-state index contributed by atoms with van der Waals surface area (Å²) in [6.07, 6.45) is -1.42. The highest BCUT2D eigenvalue weighted by Crippen LogP contribution is 2.51. The molecular formula is C34H32N2O6. The van der Waals surface area contributed by atoms with E-state index in [-0.39, 0.29) is 6.42 Å². The van der Waals surface area contributed by atoms with E-state index >= 15 is 0 Å². The molecule has 1 aliphatic carbocycles. The number of benzene rings is 4. The minimum atomic E-state index is -1.58. The van der Waals surface area contributed by atoms with E-state index < -0.39 is 41.6 Å². The molecule has 0 spiro atoms. The van der Waals surface area contributed by atoms with Crippen LogP contribution in [0.15, 0.2) is 109 Å². The van der Waals surface area contributed by atoms with Gasteiger partial charge in [-0.05, 0) is 33.4 Å². The summed E-state index contributed by atoms with van der Waals surface area (Å²) >= 11 is 0. The van der Waals surface area contributed by atoms with Crippen molar-refractivity contribution in [2.24, 2.45) is 0 Å². The predicted octanol–water partition coefficient (Wildman–Crippen LogP) is 3.92. The number of hydrogen-bond acceptors (Lipinski definition) is 6. The van der Waals surface area contributed by atoms with Crippen LogP contribution in [0.3, 0.4) is 0 Å². The highest BCUT2D eigenvalue weighted by molar-refractivity contribution is 5.93. The maximum atomic E-state index is 14.1. The lowest BCUT2D eigenvalue weighted by Crippen LogP contribution is -2.62. The zero-order valence-electron chi connectivity index (χ0n) is 23.3. The summed E-state index contributed by atoms with van der Waals surface area (Å²) in [5, 5.41) is 16.4. The number of methoxy groups -OCH3 is 2. The van der Waals surface area contributed by atoms with Crippen LogP contribution in [0.4, 0.5) is 0 Å². The van der Waals surface area contributed by atoms with Gasteiger partial charge in [-0.1, -0.05) is 109 Å². The number of esters is 1. The number of nitrogens with one attached hydrogen (secondary N) is 2. The Hall–Kier alpha value is -4.79. The van der Waals surface area contributed by atoms with Crippen LogP contribution in [0.2, 0.25) is 0 Å². The molecule has 5 rings (SSSR count). The van der Waals surface area contributed by atoms with Gasteiger partial charge in [0, 0.05) is 13.5 Å². The first-order valence-electron chi connectivity index (χ1n) is 13.6. The van der Waals surface area contributed by atoms with E-state index in [0.29, 0.717) is 0 Å². The van der Waals surface area contributed by atoms with Gasteiger partial charge in [0.2, 0.25) is 5.91 Å². The van der Waals surface area contributed by atoms with Crippen LogP contribution in [0.5, 0.6) is 0 Å². The maximum absolute atomic E-state index is 14.1. The van der Waals surface area contributed by atoms with Gasteiger partial charge in [0.05, 0.1) is 12.6 Å². The second-order valence-corrected chi connectivity index (χ2v) is 10.1. The third-order valence-corrected chi connectivity index (χ3v) is 7.70. The molecule has 8 heteroatoms. The van der Waals surface area contributed by atoms with Crippen LogP contribution >= 0.6 is 0 Å². The number of aliphatic carboxylic acids is 1. The fourth-order valence-corrected chi connectivity index (χ4v) is 5.81. The zero-order chi connectivity index (χ0) is 29.7. The van der Waals surface area contributed by atoms with E-state index in [1.807, 2.05) is 109 Å². The lowest BCUT2D eigenvalue weighted by atomic mass is 9.79. The Balaban J connectivity index is 1.63. The molecule has 42 heavy (non-hydrogen) atoms. The summed E-state index contributed by atoms with van der Waals surface area (Å²) in [6.45, 7) is 0. The largest absolute Gasteiger partial charge is 0.479 e. The van der Waals surface area contributed by atoms with Crippen molar-refractivity contribution in [2.75, 3.05) is 14.2 Å². The molecule has 0 aliphatic heterocycles. The van der Waals surface area contributed by atoms with Gasteiger partial charge in [-0.2, -0.15) is 0 Å². The molecular weight excluding hydrogens is 532 g/mol. The fourth-order valence-electron chi connectivity index (χ4n) is 5.81. The van der Waals surface area contributed by atoms with Gasteiger partial charge in [0.1, 0.15) is 12.1 Å². The summed E-state index contributed by atoms with van der Waals surface area (Å²) in [5.74, 6) is -2.69. The van der Waals surface area contributed by atoms with Crippen molar-refractivity contribution in [3.05, 3.63) is 131 Å². The van der Waals surface area contributed by atoms with Crippen LogP contribution in [-0.2, 0) is 35.8 Å². The molecule has 0 bridgehead atoms. The molecule has 0 fully saturated rings. The minimum Gasteiger partial charge on any atom is -0.479 e. The van der Waals surface area contributed by atoms with Crippen molar-refractivity contribution in [1.82, 2.24) is 10.6 Å². The molecule has 3 atom stereocenters. The smallest absolute Gasteiger partial charge is 0.335 e. The number of hydrogen-bond donors (Lipinski definition) is 3. The molecule has 214 valence electrons. The first kappa shape index (κ1) is 28.7. The van der Waals surface area contributed by atoms with Crippen LogP contribution in [0.25, 0.3) is 11.1 Å². The minimum absolute atomic E-state index is 0.159. The summed E-state index contributed by atoms with van der Waals surface area (Å²) in [5.41, 5.74) is 4.17. The van der Waals surface area contributed by atoms with E-state index in [1.54, 1.807) is 0 Å². The van der Waals surface area contributed by atoms with Crippen molar-refractivity contribution in [3.63, 3.8) is 0 Å². The number of carboxylic acids is 1. The van der Waals surface area contributed by atoms with E-state index in [4.69, 9.17) is 9.47 Å². The standard InChI is InChI=1S/C34H32N2O6/c1-41-30(32(38)39)29(31(37)35-28(33(40)42-2)21-22-13-5-3-6-14-22)36-34(23-15-7-4-8-16-23)26-19-11-9-17-24(26)25-18-10-12-20-27(25)34/h3-20,28-30,36H,21H2,1-2H3,(H,35,37)(H,38,39)/t28-,29-,30?/m0/s1. The van der Waals surface area contributed by atoms with Crippen molar-refractivity contribution >= 4 is 17.8 Å². The molecule has 3 N–H and O–H groups in total. The van der Waals surface area contributed by atoms with Crippen LogP contribution < -0.4 is 10.6 Å². The quantitative estimate of drug-likeness (QED) is 0.237. The maximum Gasteiger partial charge on any atom is 0.335 e. The van der Waals surface area contributed by atoms with Crippen molar-refractivity contribution in [1.29, 1.82) is 0 Å². The number of fused-ring (bicyclic) bond motifs is 3. The molecule has 1 unspecified atom stereocenters. The molecule has 1 aliphatic rings. The van der Waals surface area contributed by atoms with Gasteiger partial charge in [-0.15, -0.1) is 0 Å². The molecule has 0 saturated carbocycles. The Morgan fingerprint density at radius 2 is 1.29 bits per heavy atom. The van der Waals surface area contributed by atoms with E-state index in [1.165, 1.54) is 14.2 Å². The number of carbonyl (C=O) groups excluding carboxylic acids is 2. The van der Waals surface area contributed by atoms with Crippen LogP contribution in [-0.4, -0.2) is 55.4 Å². The summed E-state index contributed by atoms with van der Waals surface area (Å²) in [7, 11) is 2.49. The summed E-state index contributed by atoms with van der Waals surface area (Å²) < 4.78 is 10.4. The van der Waals surface area contributed by atoms with Gasteiger partial charge in [0.15, 0.2) is 6.10 Å². The third-order valence-electron chi connectivity index (χ3n) is 7.70. The van der Waals surface area contributed by atoms with Crippen molar-refractivity contribution < 1.29 is 29.0 Å². The average molecular weight is 565 g/mol. The van der Waals surface area contributed by atoms with E-state index in [0.717, 1.165) is 33.4 Å². The first-order valence-corrected chi connectivity index (χ1v) is 13.6. The molecule has 0 heterocycles. The highest BCUT2D eigenvalue weighted by atomic mass is 16.5. The van der Waals surface area contributed by atoms with Gasteiger partial charge < -0.3 is 19.9 Å². The Labute approximate surface area is 244 Å². The van der Waals surface area contributed by atoms with Crippen molar-refractivity contribution in [2.45, 2.75) is 30.1 Å². The molecule has 4 aromatic rings. The Kier molecular flexibility index (Phi) is 8.47. The van der Waals surface area contributed by atoms with E-state index in [9.17, 15) is 19.5 Å². The number of ether oxygens (including phenoxy) is 2. The predicted molar refractivity (Wildman–Crippen MR) is 158 cm³/mol. The number of amides is 1. The number of carboxylic acid groups (broad SMARTS) is 1. The lowest BCUT2D eigenvalue weighted by molar-refractivity contribution is -0.154. The Morgan fingerprint density at radius 3 is 1.81 bits per heavy atom. The fraction of sp³-hybridized carbons (Fsp3) is 0.206. The zero-order valence-corrected chi connectivity index (χ0v) is 23.3. The molecule has 4 aromatic carbocycles. The first-order chi connectivity index (χ1) is 20.4. The molecule has 1 amide bonds. The van der Waals surface area contributed by atoms with E-state index in [2.05, 4.69) is 10.6 Å². The second kappa shape index (κ2) is 12.4. The summed E-state index contributed by atoms with van der Waals surface area (Å²) in [4.78, 5) is 39.4. The second-order valence-electron chi connectivity index (χ2n) is 10.1. The molecule has 0 saturated heterocycles. The van der Waals surface area contributed by atoms with Gasteiger partial charge in [0.25, 0.3) is 0 Å². The normalized spacial score (nSPS) is 15.0. The van der Waals surface area contributed by atoms with Gasteiger partial charge in [-0.25, -0.2) is 9.59 Å². The van der Waals surface area contributed by atoms with Gasteiger partial charge in [-0.3, -0.25) is 10.1 Å². The van der Waals surface area contributed by atoms with Crippen molar-refractivity contribution in [3.8, 4) is 11.1 Å². The molecule has 0 radical (unpaired) electrons. The van der Waals surface area contributed by atoms with Crippen LogP contribution in [0.1, 0.15) is 22.3 Å². The lowest BCUT2D eigenvalue weighted by Gasteiger charge is -2.39.